The summed E-state index contributed by atoms with van der Waals surface area (Å²) in [5.74, 6) is -0.181. The van der Waals surface area contributed by atoms with Crippen LogP contribution in [-0.2, 0) is 24.2 Å². The molecule has 2 N–H and O–H groups in total. The van der Waals surface area contributed by atoms with Crippen molar-refractivity contribution in [1.29, 1.82) is 0 Å². The van der Waals surface area contributed by atoms with Crippen LogP contribution >= 0.6 is 23.1 Å². The van der Waals surface area contributed by atoms with E-state index in [0.717, 1.165) is 24.8 Å². The number of nitrogens with zero attached hydrogens (tertiary/aromatic N) is 2. The van der Waals surface area contributed by atoms with Crippen LogP contribution in [-0.4, -0.2) is 26.6 Å². The second-order valence-electron chi connectivity index (χ2n) is 7.97. The Morgan fingerprint density at radius 1 is 1.18 bits per heavy atom. The third-order valence-corrected chi connectivity index (χ3v) is 7.95. The monoisotopic (exact) mass is 494 g/mol. The number of aromatic nitrogens is 2. The fourth-order valence-electron chi connectivity index (χ4n) is 3.94. The number of aryl methyl sites for hydroxylation is 2. The Kier molecular flexibility index (Phi) is 6.25. The number of furan rings is 1. The second kappa shape index (κ2) is 9.47. The normalized spacial score (nSPS) is 13.6. The number of rotatable bonds is 6. The number of hydrogen-bond acceptors (Lipinski definition) is 7. The van der Waals surface area contributed by atoms with E-state index in [0.29, 0.717) is 26.7 Å². The lowest BCUT2D eigenvalue weighted by molar-refractivity contribution is -0.121. The van der Waals surface area contributed by atoms with Crippen LogP contribution in [0.4, 0.5) is 0 Å². The maximum absolute atomic E-state index is 13.5. The lowest BCUT2D eigenvalue weighted by atomic mass is 10.2. The molecule has 0 fully saturated rings. The molecule has 1 aliphatic carbocycles. The summed E-state index contributed by atoms with van der Waals surface area (Å²) in [6.45, 7) is 1.93. The number of benzene rings is 1. The van der Waals surface area contributed by atoms with Crippen molar-refractivity contribution in [2.45, 2.75) is 43.1 Å². The average molecular weight is 495 g/mol. The minimum atomic E-state index is -0.616. The maximum Gasteiger partial charge on any atom is 0.269 e. The zero-order chi connectivity index (χ0) is 23.7. The molecule has 1 atom stereocenters. The Morgan fingerprint density at radius 3 is 2.76 bits per heavy atom. The molecule has 0 bridgehead atoms. The minimum Gasteiger partial charge on any atom is -0.467 e. The number of hydrazine groups is 1. The SMILES string of the molecule is C[C@@H](Sc1nc2sc3c(c2c(=O)n1Cc1ccco1)CCC3)C(=O)NNC(=O)c1ccccc1. The number of carbonyl (C=O) groups is 2. The van der Waals surface area contributed by atoms with Gasteiger partial charge in [-0.05, 0) is 56.0 Å². The molecule has 2 amide bonds. The second-order valence-corrected chi connectivity index (χ2v) is 10.4. The van der Waals surface area contributed by atoms with E-state index in [9.17, 15) is 14.4 Å². The molecule has 34 heavy (non-hydrogen) atoms. The molecule has 3 aromatic heterocycles. The fourth-order valence-corrected chi connectivity index (χ4v) is 6.15. The van der Waals surface area contributed by atoms with Crippen molar-refractivity contribution in [3.05, 3.63) is 80.8 Å². The van der Waals surface area contributed by atoms with Gasteiger partial charge in [0.05, 0.1) is 23.4 Å². The molecular weight excluding hydrogens is 472 g/mol. The van der Waals surface area contributed by atoms with E-state index in [2.05, 4.69) is 10.9 Å². The van der Waals surface area contributed by atoms with Crippen molar-refractivity contribution in [2.24, 2.45) is 0 Å². The molecule has 10 heteroatoms. The van der Waals surface area contributed by atoms with E-state index in [1.54, 1.807) is 65.5 Å². The first-order chi connectivity index (χ1) is 16.5. The summed E-state index contributed by atoms with van der Waals surface area (Å²) in [5, 5.41) is 0.501. The molecule has 5 rings (SSSR count). The van der Waals surface area contributed by atoms with Gasteiger partial charge in [-0.1, -0.05) is 30.0 Å². The molecule has 1 aromatic carbocycles. The quantitative estimate of drug-likeness (QED) is 0.241. The summed E-state index contributed by atoms with van der Waals surface area (Å²) in [6.07, 6.45) is 4.47. The molecule has 0 unspecified atom stereocenters. The molecular formula is C24H22N4O4S2. The first-order valence-corrected chi connectivity index (χ1v) is 12.6. The predicted molar refractivity (Wildman–Crippen MR) is 131 cm³/mol. The predicted octanol–water partition coefficient (Wildman–Crippen LogP) is 3.53. The highest BCUT2D eigenvalue weighted by Crippen LogP contribution is 2.36. The topological polar surface area (TPSA) is 106 Å². The van der Waals surface area contributed by atoms with Crippen LogP contribution in [0, 0.1) is 0 Å². The highest BCUT2D eigenvalue weighted by atomic mass is 32.2. The van der Waals surface area contributed by atoms with Crippen molar-refractivity contribution in [3.63, 3.8) is 0 Å². The maximum atomic E-state index is 13.5. The summed E-state index contributed by atoms with van der Waals surface area (Å²) >= 11 is 2.73. The van der Waals surface area contributed by atoms with Gasteiger partial charge in [-0.15, -0.1) is 11.3 Å². The summed E-state index contributed by atoms with van der Waals surface area (Å²) < 4.78 is 7.04. The fraction of sp³-hybridized carbons (Fsp3) is 0.250. The van der Waals surface area contributed by atoms with Gasteiger partial charge in [-0.3, -0.25) is 29.8 Å². The van der Waals surface area contributed by atoms with Crippen molar-refractivity contribution < 1.29 is 14.0 Å². The highest BCUT2D eigenvalue weighted by molar-refractivity contribution is 8.00. The molecule has 4 aromatic rings. The lowest BCUT2D eigenvalue weighted by Gasteiger charge is -2.15. The van der Waals surface area contributed by atoms with Gasteiger partial charge >= 0.3 is 0 Å². The highest BCUT2D eigenvalue weighted by Gasteiger charge is 2.25. The van der Waals surface area contributed by atoms with Gasteiger partial charge in [0.15, 0.2) is 5.16 Å². The smallest absolute Gasteiger partial charge is 0.269 e. The molecule has 0 saturated carbocycles. The van der Waals surface area contributed by atoms with Crippen LogP contribution in [0.15, 0.2) is 63.1 Å². The van der Waals surface area contributed by atoms with Gasteiger partial charge in [-0.2, -0.15) is 0 Å². The van der Waals surface area contributed by atoms with E-state index in [-0.39, 0.29) is 12.1 Å². The Morgan fingerprint density at radius 2 is 2.00 bits per heavy atom. The third-order valence-electron chi connectivity index (χ3n) is 5.67. The minimum absolute atomic E-state index is 0.117. The van der Waals surface area contributed by atoms with Crippen LogP contribution < -0.4 is 16.4 Å². The average Bonchev–Trinajstić information content (AvgIpc) is 3.58. The van der Waals surface area contributed by atoms with E-state index in [4.69, 9.17) is 9.40 Å². The van der Waals surface area contributed by atoms with Crippen LogP contribution in [0.3, 0.4) is 0 Å². The van der Waals surface area contributed by atoms with Crippen molar-refractivity contribution >= 4 is 45.1 Å². The first kappa shape index (κ1) is 22.4. The Labute approximate surface area is 203 Å². The van der Waals surface area contributed by atoms with Gasteiger partial charge in [0.1, 0.15) is 10.6 Å². The standard InChI is InChI=1S/C24H22N4O4S2/c1-14(20(29)26-27-21(30)15-7-3-2-4-8-15)33-24-25-22-19(17-10-5-11-18(17)34-22)23(31)28(24)13-16-9-6-12-32-16/h2-4,6-9,12,14H,5,10-11,13H2,1H3,(H,26,29)(H,27,30)/t14-/m1/s1. The van der Waals surface area contributed by atoms with Crippen LogP contribution in [0.5, 0.6) is 0 Å². The molecule has 0 radical (unpaired) electrons. The number of fused-ring (bicyclic) bond motifs is 3. The summed E-state index contributed by atoms with van der Waals surface area (Å²) in [5.41, 5.74) is 6.32. The van der Waals surface area contributed by atoms with E-state index < -0.39 is 17.1 Å². The molecule has 0 saturated heterocycles. The number of thioether (sulfide) groups is 1. The Hall–Kier alpha value is -3.37. The van der Waals surface area contributed by atoms with E-state index in [1.807, 2.05) is 6.07 Å². The summed E-state index contributed by atoms with van der Waals surface area (Å²) in [6, 6.07) is 12.2. The lowest BCUT2D eigenvalue weighted by Crippen LogP contribution is -2.45. The number of thiophene rings is 1. The first-order valence-electron chi connectivity index (χ1n) is 10.9. The molecule has 174 valence electrons. The number of amides is 2. The zero-order valence-electron chi connectivity index (χ0n) is 18.4. The van der Waals surface area contributed by atoms with E-state index in [1.165, 1.54) is 16.6 Å². The van der Waals surface area contributed by atoms with Crippen LogP contribution in [0.1, 0.15) is 39.9 Å². The van der Waals surface area contributed by atoms with Crippen molar-refractivity contribution in [2.75, 3.05) is 0 Å². The zero-order valence-corrected chi connectivity index (χ0v) is 20.0. The van der Waals surface area contributed by atoms with Crippen molar-refractivity contribution in [3.8, 4) is 0 Å². The number of carbonyl (C=O) groups excluding carboxylic acids is 2. The largest absolute Gasteiger partial charge is 0.467 e. The molecule has 8 nitrogen and oxygen atoms in total. The molecule has 3 heterocycles. The molecule has 1 aliphatic rings. The molecule has 0 aliphatic heterocycles. The van der Waals surface area contributed by atoms with Gasteiger partial charge in [0.25, 0.3) is 17.4 Å². The molecule has 0 spiro atoms. The summed E-state index contributed by atoms with van der Waals surface area (Å²) in [4.78, 5) is 45.2. The van der Waals surface area contributed by atoms with Crippen molar-refractivity contribution in [1.82, 2.24) is 20.4 Å². The Balaban J connectivity index is 1.39. The van der Waals surface area contributed by atoms with Crippen LogP contribution in [0.2, 0.25) is 0 Å². The van der Waals surface area contributed by atoms with Gasteiger partial charge in [-0.25, -0.2) is 4.98 Å². The van der Waals surface area contributed by atoms with Gasteiger partial charge in [0, 0.05) is 10.4 Å². The third kappa shape index (κ3) is 4.38. The van der Waals surface area contributed by atoms with Gasteiger partial charge < -0.3 is 4.42 Å². The Bertz CT molecular complexity index is 1410. The number of nitrogens with one attached hydrogen (secondary N) is 2. The summed E-state index contributed by atoms with van der Waals surface area (Å²) in [7, 11) is 0. The number of hydrogen-bond donors (Lipinski definition) is 2. The van der Waals surface area contributed by atoms with E-state index >= 15 is 0 Å². The van der Waals surface area contributed by atoms with Crippen LogP contribution in [0.25, 0.3) is 10.2 Å². The van der Waals surface area contributed by atoms with Gasteiger partial charge in [0.2, 0.25) is 0 Å².